The lowest BCUT2D eigenvalue weighted by Gasteiger charge is -2.32. The average Bonchev–Trinajstić information content (AvgIpc) is 2.42. The Kier molecular flexibility index (Phi) is 5.48. The highest BCUT2D eigenvalue weighted by Crippen LogP contribution is 2.27. The topological polar surface area (TPSA) is 41.5 Å². The zero-order valence-corrected chi connectivity index (χ0v) is 11.9. The van der Waals surface area contributed by atoms with Gasteiger partial charge in [0.2, 0.25) is 0 Å². The summed E-state index contributed by atoms with van der Waals surface area (Å²) in [6.45, 7) is 7.46. The van der Waals surface area contributed by atoms with Gasteiger partial charge in [-0.05, 0) is 37.0 Å². The van der Waals surface area contributed by atoms with E-state index in [0.29, 0.717) is 5.75 Å². The maximum Gasteiger partial charge on any atom is 0.160 e. The maximum atomic E-state index is 9.56. The fourth-order valence-electron chi connectivity index (χ4n) is 2.25. The van der Waals surface area contributed by atoms with Crippen molar-refractivity contribution in [3.8, 4) is 11.5 Å². The van der Waals surface area contributed by atoms with Crippen LogP contribution in [0.3, 0.4) is 0 Å². The van der Waals surface area contributed by atoms with Gasteiger partial charge in [0.05, 0.1) is 7.11 Å². The third kappa shape index (κ3) is 3.39. The third-order valence-corrected chi connectivity index (χ3v) is 3.94. The number of rotatable bonds is 7. The molecular formula is C15H25NO2. The molecule has 2 N–H and O–H groups in total. The number of ether oxygens (including phenoxy) is 1. The van der Waals surface area contributed by atoms with Crippen LogP contribution in [-0.4, -0.2) is 17.8 Å². The first-order chi connectivity index (χ1) is 8.60. The molecule has 0 aromatic heterocycles. The van der Waals surface area contributed by atoms with Crippen molar-refractivity contribution in [1.29, 1.82) is 0 Å². The molecule has 1 aromatic carbocycles. The molecule has 0 amide bonds. The molecule has 0 heterocycles. The van der Waals surface area contributed by atoms with E-state index in [-0.39, 0.29) is 11.3 Å². The standard InChI is InChI=1S/C15H25NO2/c1-5-15(6-2,7-3)16-11-12-8-9-13(17)14(10-12)18-4/h8-10,16-17H,5-7,11H2,1-4H3. The largest absolute Gasteiger partial charge is 0.504 e. The molecule has 102 valence electrons. The predicted molar refractivity (Wildman–Crippen MR) is 75.1 cm³/mol. The third-order valence-electron chi connectivity index (χ3n) is 3.94. The molecule has 0 unspecified atom stereocenters. The van der Waals surface area contributed by atoms with Gasteiger partial charge in [-0.2, -0.15) is 0 Å². The Morgan fingerprint density at radius 2 is 1.78 bits per heavy atom. The maximum absolute atomic E-state index is 9.56. The van der Waals surface area contributed by atoms with Gasteiger partial charge >= 0.3 is 0 Å². The number of phenolic OH excluding ortho intramolecular Hbond substituents is 1. The second-order valence-electron chi connectivity index (χ2n) is 4.70. The van der Waals surface area contributed by atoms with Gasteiger partial charge < -0.3 is 15.2 Å². The van der Waals surface area contributed by atoms with Crippen molar-refractivity contribution in [3.63, 3.8) is 0 Å². The summed E-state index contributed by atoms with van der Waals surface area (Å²) in [6, 6.07) is 5.49. The molecule has 0 fully saturated rings. The van der Waals surface area contributed by atoms with Crippen LogP contribution in [0, 0.1) is 0 Å². The van der Waals surface area contributed by atoms with Gasteiger partial charge in [0, 0.05) is 12.1 Å². The zero-order valence-electron chi connectivity index (χ0n) is 11.9. The van der Waals surface area contributed by atoms with Crippen LogP contribution in [0.25, 0.3) is 0 Å². The molecule has 0 saturated heterocycles. The number of aromatic hydroxyl groups is 1. The lowest BCUT2D eigenvalue weighted by atomic mass is 9.89. The molecule has 18 heavy (non-hydrogen) atoms. The Balaban J connectivity index is 2.73. The summed E-state index contributed by atoms with van der Waals surface area (Å²) in [6.07, 6.45) is 3.36. The number of phenols is 1. The molecule has 0 saturated carbocycles. The predicted octanol–water partition coefficient (Wildman–Crippen LogP) is 3.46. The van der Waals surface area contributed by atoms with E-state index in [0.717, 1.165) is 31.4 Å². The molecule has 3 nitrogen and oxygen atoms in total. The van der Waals surface area contributed by atoms with E-state index >= 15 is 0 Å². The summed E-state index contributed by atoms with van der Waals surface area (Å²) >= 11 is 0. The lowest BCUT2D eigenvalue weighted by Crippen LogP contribution is -2.43. The van der Waals surface area contributed by atoms with E-state index < -0.39 is 0 Å². The van der Waals surface area contributed by atoms with Crippen LogP contribution in [0.4, 0.5) is 0 Å². The fourth-order valence-corrected chi connectivity index (χ4v) is 2.25. The van der Waals surface area contributed by atoms with Gasteiger partial charge in [-0.15, -0.1) is 0 Å². The van der Waals surface area contributed by atoms with Gasteiger partial charge in [-0.1, -0.05) is 26.8 Å². The van der Waals surface area contributed by atoms with E-state index in [2.05, 4.69) is 26.1 Å². The lowest BCUT2D eigenvalue weighted by molar-refractivity contribution is 0.287. The summed E-state index contributed by atoms with van der Waals surface area (Å²) in [5, 5.41) is 13.2. The van der Waals surface area contributed by atoms with E-state index in [1.807, 2.05) is 12.1 Å². The minimum Gasteiger partial charge on any atom is -0.504 e. The van der Waals surface area contributed by atoms with Gasteiger partial charge in [0.15, 0.2) is 11.5 Å². The normalized spacial score (nSPS) is 11.6. The van der Waals surface area contributed by atoms with E-state index in [1.165, 1.54) is 0 Å². The Labute approximate surface area is 110 Å². The monoisotopic (exact) mass is 251 g/mol. The number of benzene rings is 1. The summed E-state index contributed by atoms with van der Waals surface area (Å²) in [5.41, 5.74) is 1.34. The van der Waals surface area contributed by atoms with E-state index in [1.54, 1.807) is 13.2 Å². The molecule has 0 atom stereocenters. The number of hydrogen-bond donors (Lipinski definition) is 2. The van der Waals surface area contributed by atoms with Crippen LogP contribution in [-0.2, 0) is 6.54 Å². The van der Waals surface area contributed by atoms with Crippen molar-refractivity contribution in [2.24, 2.45) is 0 Å². The molecule has 0 radical (unpaired) electrons. The highest BCUT2D eigenvalue weighted by Gasteiger charge is 2.22. The second kappa shape index (κ2) is 6.64. The molecule has 1 aromatic rings. The first-order valence-electron chi connectivity index (χ1n) is 6.71. The molecule has 0 aliphatic rings. The van der Waals surface area contributed by atoms with Crippen LogP contribution in [0.1, 0.15) is 45.6 Å². The molecule has 0 bridgehead atoms. The van der Waals surface area contributed by atoms with Crippen LogP contribution in [0.5, 0.6) is 11.5 Å². The Morgan fingerprint density at radius 3 is 2.28 bits per heavy atom. The van der Waals surface area contributed by atoms with Crippen molar-refractivity contribution in [2.45, 2.75) is 52.1 Å². The van der Waals surface area contributed by atoms with Gasteiger partial charge in [-0.25, -0.2) is 0 Å². The summed E-state index contributed by atoms with van der Waals surface area (Å²) < 4.78 is 5.12. The van der Waals surface area contributed by atoms with Gasteiger partial charge in [-0.3, -0.25) is 0 Å². The second-order valence-corrected chi connectivity index (χ2v) is 4.70. The van der Waals surface area contributed by atoms with Crippen molar-refractivity contribution in [3.05, 3.63) is 23.8 Å². The molecule has 0 aliphatic carbocycles. The first-order valence-corrected chi connectivity index (χ1v) is 6.71. The number of methoxy groups -OCH3 is 1. The highest BCUT2D eigenvalue weighted by molar-refractivity contribution is 5.41. The smallest absolute Gasteiger partial charge is 0.160 e. The van der Waals surface area contributed by atoms with Crippen molar-refractivity contribution >= 4 is 0 Å². The first kappa shape index (κ1) is 14.8. The van der Waals surface area contributed by atoms with Crippen molar-refractivity contribution < 1.29 is 9.84 Å². The summed E-state index contributed by atoms with van der Waals surface area (Å²) in [5.74, 6) is 0.721. The summed E-state index contributed by atoms with van der Waals surface area (Å²) in [7, 11) is 1.57. The van der Waals surface area contributed by atoms with Gasteiger partial charge in [0.1, 0.15) is 0 Å². The van der Waals surface area contributed by atoms with E-state index in [9.17, 15) is 5.11 Å². The number of nitrogens with one attached hydrogen (secondary N) is 1. The highest BCUT2D eigenvalue weighted by atomic mass is 16.5. The molecule has 0 spiro atoms. The van der Waals surface area contributed by atoms with Crippen LogP contribution >= 0.6 is 0 Å². The molecule has 1 rings (SSSR count). The van der Waals surface area contributed by atoms with Crippen molar-refractivity contribution in [1.82, 2.24) is 5.32 Å². The van der Waals surface area contributed by atoms with Crippen molar-refractivity contribution in [2.75, 3.05) is 7.11 Å². The Morgan fingerprint density at radius 1 is 1.17 bits per heavy atom. The average molecular weight is 251 g/mol. The number of hydrogen-bond acceptors (Lipinski definition) is 3. The fraction of sp³-hybridized carbons (Fsp3) is 0.600. The molecule has 0 aliphatic heterocycles. The quantitative estimate of drug-likeness (QED) is 0.779. The van der Waals surface area contributed by atoms with Crippen LogP contribution in [0.2, 0.25) is 0 Å². The van der Waals surface area contributed by atoms with Crippen LogP contribution in [0.15, 0.2) is 18.2 Å². The minimum absolute atomic E-state index is 0.189. The Hall–Kier alpha value is -1.22. The van der Waals surface area contributed by atoms with E-state index in [4.69, 9.17) is 4.74 Å². The Bertz CT molecular complexity index is 364. The zero-order chi connectivity index (χ0) is 13.6. The minimum atomic E-state index is 0.189. The molecular weight excluding hydrogens is 226 g/mol. The SMILES string of the molecule is CCC(CC)(CC)NCc1ccc(O)c(OC)c1. The summed E-state index contributed by atoms with van der Waals surface area (Å²) in [4.78, 5) is 0. The van der Waals surface area contributed by atoms with Gasteiger partial charge in [0.25, 0.3) is 0 Å². The molecule has 3 heteroatoms. The van der Waals surface area contributed by atoms with Crippen LogP contribution < -0.4 is 10.1 Å².